The molecule has 3 N–H and O–H groups in total. The van der Waals surface area contributed by atoms with Crippen molar-refractivity contribution in [3.8, 4) is 0 Å². The molecule has 0 amide bonds. The van der Waals surface area contributed by atoms with Gasteiger partial charge in [-0.1, -0.05) is 0 Å². The molecule has 24 heavy (non-hydrogen) atoms. The van der Waals surface area contributed by atoms with Crippen molar-refractivity contribution in [1.29, 1.82) is 0 Å². The molecular formula is C13H25N4O6P. The van der Waals surface area contributed by atoms with E-state index in [2.05, 4.69) is 9.97 Å². The zero-order valence-electron chi connectivity index (χ0n) is 14.2. The Morgan fingerprint density at radius 2 is 1.88 bits per heavy atom. The maximum atomic E-state index is 12.1. The predicted molar refractivity (Wildman–Crippen MR) is 87.9 cm³/mol. The molecular weight excluding hydrogens is 339 g/mol. The van der Waals surface area contributed by atoms with Crippen LogP contribution in [0.1, 0.15) is 27.7 Å². The number of anilines is 1. The van der Waals surface area contributed by atoms with E-state index in [9.17, 15) is 14.5 Å². The first-order chi connectivity index (χ1) is 11.0. The van der Waals surface area contributed by atoms with Crippen molar-refractivity contribution in [1.82, 2.24) is 14.5 Å². The number of ether oxygens (including phenoxy) is 1. The molecule has 0 spiro atoms. The van der Waals surface area contributed by atoms with Gasteiger partial charge in [-0.2, -0.15) is 4.98 Å². The van der Waals surface area contributed by atoms with E-state index in [1.165, 1.54) is 6.33 Å². The first kappa shape index (κ1) is 20.7. The van der Waals surface area contributed by atoms with Gasteiger partial charge in [0.25, 0.3) is 0 Å². The van der Waals surface area contributed by atoms with E-state index in [1.54, 1.807) is 0 Å². The van der Waals surface area contributed by atoms with Crippen LogP contribution in [0.2, 0.25) is 0 Å². The standard InChI is InChI=1S/C13H25N4O6P/c1-9(2)17(10(3)4)12-14-7-16(13(19)15-12)5-11(6-18)23-8-24(20,21)22/h7,9-11,18H,5-6,8H2,1-4H3,(H2,20,21,22)/t11-/m0/s1. The molecule has 0 fully saturated rings. The summed E-state index contributed by atoms with van der Waals surface area (Å²) in [6.07, 6.45) is -0.497. The molecule has 1 heterocycles. The third kappa shape index (κ3) is 6.29. The van der Waals surface area contributed by atoms with Crippen molar-refractivity contribution in [2.75, 3.05) is 17.9 Å². The van der Waals surface area contributed by atoms with Crippen molar-refractivity contribution in [2.24, 2.45) is 0 Å². The van der Waals surface area contributed by atoms with Crippen LogP contribution in [0, 0.1) is 0 Å². The van der Waals surface area contributed by atoms with Gasteiger partial charge in [0, 0.05) is 12.1 Å². The third-order valence-electron chi connectivity index (χ3n) is 3.18. The molecule has 1 aromatic rings. The van der Waals surface area contributed by atoms with Gasteiger partial charge in [0.05, 0.1) is 19.3 Å². The largest absolute Gasteiger partial charge is 0.394 e. The molecule has 1 aromatic heterocycles. The minimum atomic E-state index is -4.35. The van der Waals surface area contributed by atoms with Gasteiger partial charge < -0.3 is 24.5 Å². The Kier molecular flexibility index (Phi) is 7.50. The highest BCUT2D eigenvalue weighted by Crippen LogP contribution is 2.34. The average Bonchev–Trinajstić information content (AvgIpc) is 2.43. The van der Waals surface area contributed by atoms with Crippen LogP contribution in [-0.4, -0.2) is 60.6 Å². The maximum absolute atomic E-state index is 12.1. The molecule has 0 radical (unpaired) electrons. The fraction of sp³-hybridized carbons (Fsp3) is 0.769. The summed E-state index contributed by atoms with van der Waals surface area (Å²) < 4.78 is 16.9. The molecule has 11 heteroatoms. The van der Waals surface area contributed by atoms with Crippen LogP contribution < -0.4 is 10.6 Å². The van der Waals surface area contributed by atoms with Crippen molar-refractivity contribution < 1.29 is 24.2 Å². The highest BCUT2D eigenvalue weighted by atomic mass is 31.2. The zero-order valence-corrected chi connectivity index (χ0v) is 15.1. The first-order valence-corrected chi connectivity index (χ1v) is 9.33. The summed E-state index contributed by atoms with van der Waals surface area (Å²) in [5.74, 6) is 0.304. The minimum absolute atomic E-state index is 0.108. The van der Waals surface area contributed by atoms with Crippen LogP contribution in [0.3, 0.4) is 0 Å². The number of aliphatic hydroxyl groups is 1. The Morgan fingerprint density at radius 3 is 2.29 bits per heavy atom. The number of hydrogen-bond donors (Lipinski definition) is 3. The van der Waals surface area contributed by atoms with Gasteiger partial charge in [0.1, 0.15) is 12.7 Å². The molecule has 0 saturated carbocycles. The monoisotopic (exact) mass is 364 g/mol. The summed E-state index contributed by atoms with van der Waals surface area (Å²) in [5.41, 5.74) is -0.579. The Morgan fingerprint density at radius 1 is 1.29 bits per heavy atom. The van der Waals surface area contributed by atoms with Gasteiger partial charge in [-0.3, -0.25) is 9.13 Å². The van der Waals surface area contributed by atoms with Gasteiger partial charge in [0.2, 0.25) is 5.95 Å². The Labute approximate surface area is 140 Å². The second-order valence-corrected chi connectivity index (χ2v) is 7.54. The lowest BCUT2D eigenvalue weighted by Gasteiger charge is -2.30. The highest BCUT2D eigenvalue weighted by molar-refractivity contribution is 7.51. The van der Waals surface area contributed by atoms with Crippen LogP contribution in [0.25, 0.3) is 0 Å². The van der Waals surface area contributed by atoms with Crippen LogP contribution in [-0.2, 0) is 15.8 Å². The van der Waals surface area contributed by atoms with Crippen molar-refractivity contribution in [3.05, 3.63) is 16.8 Å². The van der Waals surface area contributed by atoms with E-state index in [4.69, 9.17) is 14.5 Å². The van der Waals surface area contributed by atoms with Gasteiger partial charge in [-0.15, -0.1) is 0 Å². The summed E-state index contributed by atoms with van der Waals surface area (Å²) in [6.45, 7) is 7.25. The van der Waals surface area contributed by atoms with Crippen LogP contribution in [0.4, 0.5) is 5.95 Å². The average molecular weight is 364 g/mol. The van der Waals surface area contributed by atoms with Gasteiger partial charge in [-0.05, 0) is 27.7 Å². The number of aliphatic hydroxyl groups excluding tert-OH is 1. The molecule has 0 aliphatic carbocycles. The number of nitrogens with zero attached hydrogens (tertiary/aromatic N) is 4. The quantitative estimate of drug-likeness (QED) is 0.507. The number of hydrogen-bond acceptors (Lipinski definition) is 7. The zero-order chi connectivity index (χ0) is 18.5. The second-order valence-electron chi connectivity index (χ2n) is 5.95. The number of aromatic nitrogens is 3. The maximum Gasteiger partial charge on any atom is 0.352 e. The molecule has 1 rings (SSSR count). The van der Waals surface area contributed by atoms with E-state index < -0.39 is 32.3 Å². The molecule has 0 aliphatic heterocycles. The summed E-state index contributed by atoms with van der Waals surface area (Å²) in [7, 11) is -4.35. The predicted octanol–water partition coefficient (Wildman–Crippen LogP) is -0.226. The molecule has 0 aliphatic rings. The molecule has 0 unspecified atom stereocenters. The molecule has 138 valence electrons. The lowest BCUT2D eigenvalue weighted by atomic mass is 10.2. The van der Waals surface area contributed by atoms with Crippen LogP contribution in [0.5, 0.6) is 0 Å². The van der Waals surface area contributed by atoms with Crippen LogP contribution in [0.15, 0.2) is 11.1 Å². The topological polar surface area (TPSA) is 138 Å². The first-order valence-electron chi connectivity index (χ1n) is 7.54. The van der Waals surface area contributed by atoms with Gasteiger partial charge in [-0.25, -0.2) is 9.78 Å². The van der Waals surface area contributed by atoms with Crippen molar-refractivity contribution in [2.45, 2.75) is 52.4 Å². The molecule has 0 aromatic carbocycles. The summed E-state index contributed by atoms with van der Waals surface area (Å²) in [5, 5.41) is 9.22. The SMILES string of the molecule is CC(C)N(c1ncn(C[C@@H](CO)OCP(=O)(O)O)c(=O)n1)C(C)C. The third-order valence-corrected chi connectivity index (χ3v) is 3.67. The fourth-order valence-corrected chi connectivity index (χ4v) is 2.65. The van der Waals surface area contributed by atoms with E-state index in [0.717, 1.165) is 4.57 Å². The summed E-state index contributed by atoms with van der Waals surface area (Å²) in [4.78, 5) is 39.7. The van der Waals surface area contributed by atoms with E-state index in [0.29, 0.717) is 5.95 Å². The highest BCUT2D eigenvalue weighted by Gasteiger charge is 2.20. The lowest BCUT2D eigenvalue weighted by Crippen LogP contribution is -2.41. The molecule has 0 saturated heterocycles. The van der Waals surface area contributed by atoms with E-state index in [1.807, 2.05) is 32.6 Å². The molecule has 0 bridgehead atoms. The Hall–Kier alpha value is -1.32. The lowest BCUT2D eigenvalue weighted by molar-refractivity contribution is 0.0186. The summed E-state index contributed by atoms with van der Waals surface area (Å²) >= 11 is 0. The second kappa shape index (κ2) is 8.68. The summed E-state index contributed by atoms with van der Waals surface area (Å²) in [6, 6.07) is 0.217. The van der Waals surface area contributed by atoms with E-state index >= 15 is 0 Å². The van der Waals surface area contributed by atoms with Crippen molar-refractivity contribution in [3.63, 3.8) is 0 Å². The Bertz CT molecular complexity index is 621. The fourth-order valence-electron chi connectivity index (χ4n) is 2.24. The van der Waals surface area contributed by atoms with Crippen molar-refractivity contribution >= 4 is 13.5 Å². The Balaban J connectivity index is 2.91. The normalized spacial score (nSPS) is 13.5. The van der Waals surface area contributed by atoms with E-state index in [-0.39, 0.29) is 18.6 Å². The molecule has 10 nitrogen and oxygen atoms in total. The van der Waals surface area contributed by atoms with Gasteiger partial charge >= 0.3 is 13.3 Å². The smallest absolute Gasteiger partial charge is 0.352 e. The molecule has 1 atom stereocenters. The van der Waals surface area contributed by atoms with Gasteiger partial charge in [0.15, 0.2) is 0 Å². The number of rotatable bonds is 9. The minimum Gasteiger partial charge on any atom is -0.394 e. The van der Waals surface area contributed by atoms with Crippen LogP contribution >= 0.6 is 7.60 Å².